The molecule has 2 heterocycles. The number of hydrogen-bond donors (Lipinski definition) is 2. The standard InChI is InChI=1S/C25H26N4O/c30-24(29-27-15-19-4-3-7-26-19)23-11-21(20-5-1-2-6-22(20)28-23)25-12-16-8-17(13-25)10-18(9-16)14-25/h1-7,11,15-18,26H,8-10,12-14H2,(H,29,30)/b27-15+. The van der Waals surface area contributed by atoms with E-state index >= 15 is 0 Å². The molecule has 0 saturated heterocycles. The van der Waals surface area contributed by atoms with Gasteiger partial charge in [0.1, 0.15) is 5.69 Å². The molecule has 0 atom stereocenters. The first-order valence-corrected chi connectivity index (χ1v) is 11.1. The van der Waals surface area contributed by atoms with Crippen molar-refractivity contribution in [2.45, 2.75) is 43.9 Å². The zero-order chi connectivity index (χ0) is 20.1. The highest BCUT2D eigenvalue weighted by Gasteiger charge is 2.52. The maximum Gasteiger partial charge on any atom is 0.289 e. The Morgan fingerprint density at radius 3 is 2.50 bits per heavy atom. The molecule has 152 valence electrons. The van der Waals surface area contributed by atoms with Crippen molar-refractivity contribution in [2.24, 2.45) is 22.9 Å². The normalized spacial score (nSPS) is 29.7. The molecule has 1 amide bonds. The molecule has 3 aromatic rings. The number of para-hydroxylation sites is 1. The van der Waals surface area contributed by atoms with Crippen molar-refractivity contribution in [3.05, 3.63) is 65.6 Å². The van der Waals surface area contributed by atoms with E-state index in [0.717, 1.165) is 29.0 Å². The summed E-state index contributed by atoms with van der Waals surface area (Å²) < 4.78 is 0. The molecule has 7 rings (SSSR count). The number of nitrogens with zero attached hydrogens (tertiary/aromatic N) is 2. The molecule has 0 radical (unpaired) electrons. The summed E-state index contributed by atoms with van der Waals surface area (Å²) in [5, 5.41) is 5.31. The van der Waals surface area contributed by atoms with Gasteiger partial charge < -0.3 is 4.98 Å². The van der Waals surface area contributed by atoms with E-state index in [1.807, 2.05) is 30.5 Å². The summed E-state index contributed by atoms with van der Waals surface area (Å²) in [4.78, 5) is 20.6. The highest BCUT2D eigenvalue weighted by atomic mass is 16.2. The fraction of sp³-hybridized carbons (Fsp3) is 0.400. The van der Waals surface area contributed by atoms with Gasteiger partial charge in [-0.2, -0.15) is 5.10 Å². The number of hydrazone groups is 1. The number of carbonyl (C=O) groups is 1. The van der Waals surface area contributed by atoms with Gasteiger partial charge in [0, 0.05) is 11.6 Å². The summed E-state index contributed by atoms with van der Waals surface area (Å²) in [5.41, 5.74) is 6.41. The first-order valence-electron chi connectivity index (χ1n) is 11.1. The van der Waals surface area contributed by atoms with Crippen LogP contribution in [0.25, 0.3) is 10.9 Å². The Balaban J connectivity index is 1.38. The molecular weight excluding hydrogens is 372 g/mol. The first kappa shape index (κ1) is 17.9. The van der Waals surface area contributed by atoms with Crippen molar-refractivity contribution in [1.82, 2.24) is 15.4 Å². The van der Waals surface area contributed by atoms with Crippen LogP contribution in [-0.4, -0.2) is 22.1 Å². The van der Waals surface area contributed by atoms with Gasteiger partial charge in [-0.15, -0.1) is 0 Å². The van der Waals surface area contributed by atoms with Crippen molar-refractivity contribution in [3.63, 3.8) is 0 Å². The van der Waals surface area contributed by atoms with Crippen LogP contribution >= 0.6 is 0 Å². The van der Waals surface area contributed by atoms with E-state index in [2.05, 4.69) is 38.7 Å². The van der Waals surface area contributed by atoms with Crippen LogP contribution < -0.4 is 5.43 Å². The summed E-state index contributed by atoms with van der Waals surface area (Å²) in [6, 6.07) is 14.2. The number of fused-ring (bicyclic) bond motifs is 1. The summed E-state index contributed by atoms with van der Waals surface area (Å²) in [6.45, 7) is 0. The largest absolute Gasteiger partial charge is 0.360 e. The van der Waals surface area contributed by atoms with Gasteiger partial charge in [-0.3, -0.25) is 4.79 Å². The first-order chi connectivity index (χ1) is 14.7. The van der Waals surface area contributed by atoms with E-state index in [1.165, 1.54) is 49.5 Å². The van der Waals surface area contributed by atoms with Crippen LogP contribution in [0.4, 0.5) is 0 Å². The number of aromatic amines is 1. The van der Waals surface area contributed by atoms with E-state index in [1.54, 1.807) is 6.21 Å². The molecule has 4 bridgehead atoms. The van der Waals surface area contributed by atoms with Crippen molar-refractivity contribution in [3.8, 4) is 0 Å². The van der Waals surface area contributed by atoms with Gasteiger partial charge in [0.25, 0.3) is 5.91 Å². The molecule has 4 fully saturated rings. The number of carbonyl (C=O) groups excluding carboxylic acids is 1. The third-order valence-electron chi connectivity index (χ3n) is 7.55. The monoisotopic (exact) mass is 398 g/mol. The van der Waals surface area contributed by atoms with Crippen LogP contribution in [0.3, 0.4) is 0 Å². The molecule has 2 N–H and O–H groups in total. The van der Waals surface area contributed by atoms with E-state index in [0.29, 0.717) is 5.69 Å². The highest BCUT2D eigenvalue weighted by molar-refractivity contribution is 5.96. The molecule has 2 aromatic heterocycles. The number of H-pyrrole nitrogens is 1. The van der Waals surface area contributed by atoms with Crippen LogP contribution in [0.5, 0.6) is 0 Å². The minimum Gasteiger partial charge on any atom is -0.360 e. The maximum atomic E-state index is 12.9. The van der Waals surface area contributed by atoms with Gasteiger partial charge in [0.2, 0.25) is 0 Å². The molecular formula is C25H26N4O. The lowest BCUT2D eigenvalue weighted by Crippen LogP contribution is -2.48. The van der Waals surface area contributed by atoms with Crippen LogP contribution in [0.2, 0.25) is 0 Å². The van der Waals surface area contributed by atoms with Gasteiger partial charge in [-0.05, 0) is 91.5 Å². The number of benzene rings is 1. The minimum atomic E-state index is -0.255. The smallest absolute Gasteiger partial charge is 0.289 e. The number of nitrogens with one attached hydrogen (secondary N) is 2. The average molecular weight is 399 g/mol. The molecule has 5 nitrogen and oxygen atoms in total. The number of pyridine rings is 1. The summed E-state index contributed by atoms with van der Waals surface area (Å²) in [5.74, 6) is 2.30. The lowest BCUT2D eigenvalue weighted by atomic mass is 9.48. The lowest BCUT2D eigenvalue weighted by molar-refractivity contribution is -0.00453. The van der Waals surface area contributed by atoms with Crippen LogP contribution in [0.1, 0.15) is 60.3 Å². The Bertz CT molecular complexity index is 1100. The topological polar surface area (TPSA) is 70.1 Å². The lowest BCUT2D eigenvalue weighted by Gasteiger charge is -2.57. The SMILES string of the molecule is O=C(N/N=C/c1ccc[nH]1)c1cc(C23CC4CC(CC(C4)C2)C3)c2ccccc2n1. The molecule has 5 heteroatoms. The molecule has 0 spiro atoms. The minimum absolute atomic E-state index is 0.208. The number of aromatic nitrogens is 2. The predicted octanol–water partition coefficient (Wildman–Crippen LogP) is 4.79. The van der Waals surface area contributed by atoms with E-state index in [-0.39, 0.29) is 11.3 Å². The Morgan fingerprint density at radius 2 is 1.80 bits per heavy atom. The second-order valence-corrected chi connectivity index (χ2v) is 9.59. The van der Waals surface area contributed by atoms with Gasteiger partial charge in [-0.25, -0.2) is 10.4 Å². The highest BCUT2D eigenvalue weighted by Crippen LogP contribution is 2.61. The molecule has 0 aliphatic heterocycles. The van der Waals surface area contributed by atoms with Crippen molar-refractivity contribution < 1.29 is 4.79 Å². The zero-order valence-electron chi connectivity index (χ0n) is 17.0. The molecule has 4 aliphatic carbocycles. The fourth-order valence-electron chi connectivity index (χ4n) is 6.81. The van der Waals surface area contributed by atoms with Crippen LogP contribution in [0, 0.1) is 17.8 Å². The second kappa shape index (κ2) is 6.79. The molecule has 1 aromatic carbocycles. The summed E-state index contributed by atoms with van der Waals surface area (Å²) in [7, 11) is 0. The van der Waals surface area contributed by atoms with Gasteiger partial charge in [0.05, 0.1) is 17.4 Å². The Kier molecular flexibility index (Phi) is 4.05. The number of rotatable bonds is 4. The zero-order valence-corrected chi connectivity index (χ0v) is 17.0. The van der Waals surface area contributed by atoms with E-state index < -0.39 is 0 Å². The Labute approximate surface area is 176 Å². The summed E-state index contributed by atoms with van der Waals surface area (Å²) in [6.07, 6.45) is 11.4. The quantitative estimate of drug-likeness (QED) is 0.490. The van der Waals surface area contributed by atoms with Crippen molar-refractivity contribution >= 4 is 23.0 Å². The molecule has 4 aliphatic rings. The van der Waals surface area contributed by atoms with Crippen molar-refractivity contribution in [2.75, 3.05) is 0 Å². The predicted molar refractivity (Wildman–Crippen MR) is 117 cm³/mol. The molecule has 0 unspecified atom stereocenters. The van der Waals surface area contributed by atoms with Gasteiger partial charge >= 0.3 is 0 Å². The Morgan fingerprint density at radius 1 is 1.07 bits per heavy atom. The van der Waals surface area contributed by atoms with E-state index in [4.69, 9.17) is 0 Å². The van der Waals surface area contributed by atoms with E-state index in [9.17, 15) is 4.79 Å². The third-order valence-corrected chi connectivity index (χ3v) is 7.55. The van der Waals surface area contributed by atoms with Crippen molar-refractivity contribution in [1.29, 1.82) is 0 Å². The third kappa shape index (κ3) is 2.95. The van der Waals surface area contributed by atoms with Gasteiger partial charge in [0.15, 0.2) is 0 Å². The fourth-order valence-corrected chi connectivity index (χ4v) is 6.81. The maximum absolute atomic E-state index is 12.9. The van der Waals surface area contributed by atoms with Gasteiger partial charge in [-0.1, -0.05) is 18.2 Å². The second-order valence-electron chi connectivity index (χ2n) is 9.59. The Hall–Kier alpha value is -2.95. The average Bonchev–Trinajstić information content (AvgIpc) is 3.25. The van der Waals surface area contributed by atoms with Crippen LogP contribution in [-0.2, 0) is 5.41 Å². The number of amides is 1. The number of hydrogen-bond acceptors (Lipinski definition) is 3. The molecule has 4 saturated carbocycles. The molecule has 30 heavy (non-hydrogen) atoms. The summed E-state index contributed by atoms with van der Waals surface area (Å²) >= 11 is 0. The van der Waals surface area contributed by atoms with Crippen LogP contribution in [0.15, 0.2) is 53.8 Å².